The number of hydrogen-bond acceptors (Lipinski definition) is 3. The van der Waals surface area contributed by atoms with Crippen molar-refractivity contribution in [3.8, 4) is 5.75 Å². The standard InChI is InChI=1S/C17H15ClFN3O3/c1-9(10-2-5-14-15(6-10)22-17(24)21-14)20-16(23)8-25-11-3-4-13(19)12(18)7-11/h2-7,9H,8H2,1H3,(H,20,23)(H2,21,22,24). The van der Waals surface area contributed by atoms with Crippen LogP contribution < -0.4 is 15.7 Å². The Morgan fingerprint density at radius 1 is 1.24 bits per heavy atom. The Hall–Kier alpha value is -2.80. The van der Waals surface area contributed by atoms with E-state index in [1.165, 1.54) is 18.2 Å². The molecule has 0 aliphatic heterocycles. The van der Waals surface area contributed by atoms with Gasteiger partial charge >= 0.3 is 5.69 Å². The number of nitrogens with one attached hydrogen (secondary N) is 3. The van der Waals surface area contributed by atoms with E-state index >= 15 is 0 Å². The van der Waals surface area contributed by atoms with Crippen molar-refractivity contribution in [2.45, 2.75) is 13.0 Å². The summed E-state index contributed by atoms with van der Waals surface area (Å²) >= 11 is 5.66. The van der Waals surface area contributed by atoms with Crippen molar-refractivity contribution in [1.29, 1.82) is 0 Å². The number of hydrogen-bond donors (Lipinski definition) is 3. The zero-order valence-corrected chi connectivity index (χ0v) is 14.0. The number of H-pyrrole nitrogens is 2. The minimum Gasteiger partial charge on any atom is -0.484 e. The summed E-state index contributed by atoms with van der Waals surface area (Å²) in [6.45, 7) is 1.59. The molecule has 3 rings (SSSR count). The first kappa shape index (κ1) is 17.0. The van der Waals surface area contributed by atoms with Gasteiger partial charge in [-0.15, -0.1) is 0 Å². The van der Waals surface area contributed by atoms with E-state index in [4.69, 9.17) is 16.3 Å². The van der Waals surface area contributed by atoms with Gasteiger partial charge in [0, 0.05) is 6.07 Å². The molecule has 3 N–H and O–H groups in total. The second-order valence-corrected chi connectivity index (χ2v) is 5.95. The maximum Gasteiger partial charge on any atom is 0.323 e. The molecule has 0 fully saturated rings. The topological polar surface area (TPSA) is 87.0 Å². The fourth-order valence-corrected chi connectivity index (χ4v) is 2.57. The van der Waals surface area contributed by atoms with Crippen LogP contribution in [0.2, 0.25) is 5.02 Å². The van der Waals surface area contributed by atoms with Crippen molar-refractivity contribution in [3.05, 3.63) is 63.3 Å². The molecule has 0 bridgehead atoms. The van der Waals surface area contributed by atoms with E-state index in [9.17, 15) is 14.0 Å². The molecule has 0 saturated heterocycles. The Balaban J connectivity index is 1.60. The third-order valence-corrected chi connectivity index (χ3v) is 3.97. The fraction of sp³-hybridized carbons (Fsp3) is 0.176. The minimum absolute atomic E-state index is 0.0694. The van der Waals surface area contributed by atoms with Crippen LogP contribution in [0.25, 0.3) is 11.0 Å². The highest BCUT2D eigenvalue weighted by Crippen LogP contribution is 2.21. The molecule has 1 amide bonds. The van der Waals surface area contributed by atoms with Gasteiger partial charge in [-0.05, 0) is 36.8 Å². The van der Waals surface area contributed by atoms with Gasteiger partial charge in [0.15, 0.2) is 6.61 Å². The Labute approximate surface area is 147 Å². The van der Waals surface area contributed by atoms with Gasteiger partial charge in [-0.2, -0.15) is 0 Å². The van der Waals surface area contributed by atoms with Crippen LogP contribution in [0.3, 0.4) is 0 Å². The first-order valence-corrected chi connectivity index (χ1v) is 7.89. The number of amides is 1. The number of imidazole rings is 1. The predicted molar refractivity (Wildman–Crippen MR) is 92.4 cm³/mol. The van der Waals surface area contributed by atoms with E-state index in [0.29, 0.717) is 16.8 Å². The van der Waals surface area contributed by atoms with Crippen molar-refractivity contribution in [1.82, 2.24) is 15.3 Å². The van der Waals surface area contributed by atoms with Gasteiger partial charge in [0.25, 0.3) is 5.91 Å². The third kappa shape index (κ3) is 4.00. The van der Waals surface area contributed by atoms with Gasteiger partial charge in [0.1, 0.15) is 11.6 Å². The molecule has 0 aliphatic carbocycles. The molecule has 1 atom stereocenters. The highest BCUT2D eigenvalue weighted by atomic mass is 35.5. The largest absolute Gasteiger partial charge is 0.484 e. The number of aromatic nitrogens is 2. The number of aromatic amines is 2. The van der Waals surface area contributed by atoms with Crippen LogP contribution >= 0.6 is 11.6 Å². The summed E-state index contributed by atoms with van der Waals surface area (Å²) in [5.41, 5.74) is 1.92. The molecular weight excluding hydrogens is 349 g/mol. The van der Waals surface area contributed by atoms with Gasteiger partial charge in [-0.1, -0.05) is 17.7 Å². The van der Waals surface area contributed by atoms with E-state index in [-0.39, 0.29) is 29.3 Å². The van der Waals surface area contributed by atoms with Gasteiger partial charge < -0.3 is 20.0 Å². The SMILES string of the molecule is CC(NC(=O)COc1ccc(F)c(Cl)c1)c1ccc2[nH]c(=O)[nH]c2c1. The van der Waals surface area contributed by atoms with Crippen molar-refractivity contribution in [2.75, 3.05) is 6.61 Å². The first-order chi connectivity index (χ1) is 11.9. The Kier molecular flexibility index (Phi) is 4.76. The van der Waals surface area contributed by atoms with Crippen LogP contribution in [-0.2, 0) is 4.79 Å². The Morgan fingerprint density at radius 3 is 2.76 bits per heavy atom. The maximum absolute atomic E-state index is 13.1. The molecule has 3 aromatic rings. The molecule has 1 aromatic heterocycles. The van der Waals surface area contributed by atoms with Crippen LogP contribution in [0.5, 0.6) is 5.75 Å². The number of halogens is 2. The number of carbonyl (C=O) groups excluding carboxylic acids is 1. The summed E-state index contributed by atoms with van der Waals surface area (Å²) in [6, 6.07) is 8.97. The lowest BCUT2D eigenvalue weighted by molar-refractivity contribution is -0.123. The van der Waals surface area contributed by atoms with E-state index in [0.717, 1.165) is 5.56 Å². The van der Waals surface area contributed by atoms with Crippen LogP contribution in [0, 0.1) is 5.82 Å². The number of rotatable bonds is 5. The third-order valence-electron chi connectivity index (χ3n) is 3.68. The first-order valence-electron chi connectivity index (χ1n) is 7.51. The van der Waals surface area contributed by atoms with Gasteiger partial charge in [0.2, 0.25) is 0 Å². The smallest absolute Gasteiger partial charge is 0.323 e. The van der Waals surface area contributed by atoms with Crippen molar-refractivity contribution < 1.29 is 13.9 Å². The second-order valence-electron chi connectivity index (χ2n) is 5.54. The lowest BCUT2D eigenvalue weighted by atomic mass is 10.1. The second kappa shape index (κ2) is 6.98. The van der Waals surface area contributed by atoms with Crippen molar-refractivity contribution in [2.24, 2.45) is 0 Å². The molecule has 0 radical (unpaired) electrons. The molecular formula is C17H15ClFN3O3. The number of fused-ring (bicyclic) bond motifs is 1. The zero-order valence-electron chi connectivity index (χ0n) is 13.2. The zero-order chi connectivity index (χ0) is 18.0. The number of benzene rings is 2. The van der Waals surface area contributed by atoms with E-state index in [2.05, 4.69) is 15.3 Å². The molecule has 8 heteroatoms. The monoisotopic (exact) mass is 363 g/mol. The minimum atomic E-state index is -0.551. The van der Waals surface area contributed by atoms with Crippen LogP contribution in [-0.4, -0.2) is 22.5 Å². The number of carbonyl (C=O) groups is 1. The average molecular weight is 364 g/mol. The molecule has 0 spiro atoms. The Bertz CT molecular complexity index is 983. The quantitative estimate of drug-likeness (QED) is 0.651. The molecule has 1 unspecified atom stereocenters. The Morgan fingerprint density at radius 2 is 2.00 bits per heavy atom. The average Bonchev–Trinajstić information content (AvgIpc) is 2.95. The summed E-state index contributed by atoms with van der Waals surface area (Å²) in [7, 11) is 0. The van der Waals surface area contributed by atoms with Crippen LogP contribution in [0.1, 0.15) is 18.5 Å². The van der Waals surface area contributed by atoms with Crippen LogP contribution in [0.4, 0.5) is 4.39 Å². The summed E-state index contributed by atoms with van der Waals surface area (Å²) in [6.07, 6.45) is 0. The lowest BCUT2D eigenvalue weighted by Crippen LogP contribution is -2.31. The summed E-state index contributed by atoms with van der Waals surface area (Å²) < 4.78 is 18.4. The maximum atomic E-state index is 13.1. The number of ether oxygens (including phenoxy) is 1. The van der Waals surface area contributed by atoms with E-state index in [1.54, 1.807) is 12.1 Å². The highest BCUT2D eigenvalue weighted by molar-refractivity contribution is 6.30. The van der Waals surface area contributed by atoms with Gasteiger partial charge in [0.05, 0.1) is 22.1 Å². The van der Waals surface area contributed by atoms with Gasteiger partial charge in [-0.3, -0.25) is 4.79 Å². The van der Waals surface area contributed by atoms with Gasteiger partial charge in [-0.25, -0.2) is 9.18 Å². The highest BCUT2D eigenvalue weighted by Gasteiger charge is 2.12. The van der Waals surface area contributed by atoms with Crippen molar-refractivity contribution in [3.63, 3.8) is 0 Å². The lowest BCUT2D eigenvalue weighted by Gasteiger charge is -2.15. The van der Waals surface area contributed by atoms with Crippen LogP contribution in [0.15, 0.2) is 41.2 Å². The molecule has 25 heavy (non-hydrogen) atoms. The summed E-state index contributed by atoms with van der Waals surface area (Å²) in [5, 5.41) is 2.72. The fourth-order valence-electron chi connectivity index (χ4n) is 2.40. The summed E-state index contributed by atoms with van der Waals surface area (Å²) in [4.78, 5) is 28.6. The molecule has 0 saturated carbocycles. The predicted octanol–water partition coefficient (Wildman–Crippen LogP) is 2.90. The molecule has 2 aromatic carbocycles. The van der Waals surface area contributed by atoms with E-state index in [1.807, 2.05) is 13.0 Å². The summed E-state index contributed by atoms with van der Waals surface area (Å²) in [5.74, 6) is -0.582. The molecule has 1 heterocycles. The normalized spacial score (nSPS) is 12.1. The molecule has 0 aliphatic rings. The molecule has 130 valence electrons. The van der Waals surface area contributed by atoms with E-state index < -0.39 is 5.82 Å². The van der Waals surface area contributed by atoms with Crippen molar-refractivity contribution >= 4 is 28.5 Å². The molecule has 6 nitrogen and oxygen atoms in total.